The lowest BCUT2D eigenvalue weighted by Crippen LogP contribution is -2.28. The fourth-order valence-electron chi connectivity index (χ4n) is 4.29. The van der Waals surface area contributed by atoms with Gasteiger partial charge in [0.1, 0.15) is 11.5 Å². The first kappa shape index (κ1) is 28.6. The van der Waals surface area contributed by atoms with Gasteiger partial charge in [0.05, 0.1) is 27.4 Å². The van der Waals surface area contributed by atoms with Crippen LogP contribution in [0.2, 0.25) is 0 Å². The summed E-state index contributed by atoms with van der Waals surface area (Å²) >= 11 is -2.57. The first-order valence-electron chi connectivity index (χ1n) is 12.3. The Balaban J connectivity index is 0.000000161. The molecule has 6 rings (SSSR count). The fraction of sp³-hybridized carbons (Fsp3) is 0.143. The zero-order valence-electron chi connectivity index (χ0n) is 21.8. The van der Waals surface area contributed by atoms with Crippen LogP contribution >= 0.6 is 0 Å². The summed E-state index contributed by atoms with van der Waals surface area (Å²) in [6.45, 7) is 0.790. The van der Waals surface area contributed by atoms with Crippen molar-refractivity contribution in [3.63, 3.8) is 0 Å². The summed E-state index contributed by atoms with van der Waals surface area (Å²) in [4.78, 5) is 2.69. The van der Waals surface area contributed by atoms with Gasteiger partial charge in [-0.3, -0.25) is 0 Å². The second kappa shape index (κ2) is 12.7. The Morgan fingerprint density at radius 2 is 0.950 bits per heavy atom. The van der Waals surface area contributed by atoms with Gasteiger partial charge in [0.15, 0.2) is 19.6 Å². The van der Waals surface area contributed by atoms with E-state index in [-0.39, 0.29) is 0 Å². The summed E-state index contributed by atoms with van der Waals surface area (Å²) < 4.78 is 45.4. The van der Waals surface area contributed by atoms with E-state index in [1.165, 1.54) is 0 Å². The largest absolute Gasteiger partial charge is 0.606 e. The second-order valence-electron chi connectivity index (χ2n) is 8.94. The number of benzene rings is 4. The highest BCUT2D eigenvalue weighted by Crippen LogP contribution is 2.25. The Morgan fingerprint density at radius 3 is 1.30 bits per heavy atom. The van der Waals surface area contributed by atoms with Gasteiger partial charge in [-0.2, -0.15) is 0 Å². The molecule has 4 aromatic carbocycles. The Labute approximate surface area is 239 Å². The van der Waals surface area contributed by atoms with Crippen LogP contribution < -0.4 is 20.4 Å². The molecule has 2 atom stereocenters. The highest BCUT2D eigenvalue weighted by Gasteiger charge is 2.30. The standard InChI is InChI=1S/2C14H13BO4S/c2*1-18-11-3-6-12(7-4-11)20(17)13-5-2-10-9-19-15(16)14(10)8-13/h2*2-8,16H,9H2,1H3. The molecule has 0 aromatic heterocycles. The molecular weight excluding hydrogens is 550 g/mol. The van der Waals surface area contributed by atoms with Crippen LogP contribution in [0.25, 0.3) is 0 Å². The Bertz CT molecular complexity index is 1350. The molecule has 2 N–H and O–H groups in total. The van der Waals surface area contributed by atoms with Crippen molar-refractivity contribution in [2.75, 3.05) is 14.2 Å². The van der Waals surface area contributed by atoms with Crippen LogP contribution in [0.15, 0.2) is 105 Å². The molecule has 0 aliphatic carbocycles. The maximum absolute atomic E-state index is 12.5. The van der Waals surface area contributed by atoms with Crippen LogP contribution in [0.4, 0.5) is 0 Å². The number of methoxy groups -OCH3 is 2. The van der Waals surface area contributed by atoms with Crippen LogP contribution in [0, 0.1) is 0 Å². The van der Waals surface area contributed by atoms with Gasteiger partial charge < -0.3 is 37.9 Å². The molecule has 204 valence electrons. The van der Waals surface area contributed by atoms with E-state index in [1.54, 1.807) is 87.0 Å². The molecule has 2 unspecified atom stereocenters. The van der Waals surface area contributed by atoms with Crippen molar-refractivity contribution in [2.45, 2.75) is 32.8 Å². The van der Waals surface area contributed by atoms with E-state index >= 15 is 0 Å². The molecule has 0 amide bonds. The van der Waals surface area contributed by atoms with Gasteiger partial charge in [0, 0.05) is 22.4 Å². The predicted octanol–water partition coefficient (Wildman–Crippen LogP) is 2.16. The highest BCUT2D eigenvalue weighted by molar-refractivity contribution is 7.91. The first-order valence-corrected chi connectivity index (χ1v) is 14.6. The topological polar surface area (TPSA) is 124 Å². The van der Waals surface area contributed by atoms with Crippen molar-refractivity contribution >= 4 is 47.5 Å². The summed E-state index contributed by atoms with van der Waals surface area (Å²) in [5.74, 6) is 1.45. The van der Waals surface area contributed by atoms with Gasteiger partial charge in [-0.25, -0.2) is 0 Å². The van der Waals surface area contributed by atoms with E-state index in [2.05, 4.69) is 0 Å². The van der Waals surface area contributed by atoms with Crippen molar-refractivity contribution in [3.05, 3.63) is 96.1 Å². The molecule has 8 nitrogen and oxygen atoms in total. The fourth-order valence-corrected chi connectivity index (χ4v) is 6.45. The molecule has 4 aromatic rings. The summed E-state index contributed by atoms with van der Waals surface area (Å²) in [6.07, 6.45) is 0. The monoisotopic (exact) mass is 576 g/mol. The minimum atomic E-state index is -1.29. The molecule has 12 heteroatoms. The molecule has 2 aliphatic heterocycles. The molecule has 40 heavy (non-hydrogen) atoms. The Morgan fingerprint density at radius 1 is 0.600 bits per heavy atom. The SMILES string of the molecule is COc1ccc([S+]([O-])c2ccc3c(c2)B(O)OC3)cc1.COc1ccc([S+]([O-])c2ccc3c(c2)B(O)OC3)cc1. The normalized spacial score (nSPS) is 15.1. The van der Waals surface area contributed by atoms with Crippen molar-refractivity contribution in [1.29, 1.82) is 0 Å². The van der Waals surface area contributed by atoms with Crippen LogP contribution in [0.1, 0.15) is 11.1 Å². The van der Waals surface area contributed by atoms with Crippen molar-refractivity contribution in [3.8, 4) is 11.5 Å². The van der Waals surface area contributed by atoms with Crippen molar-refractivity contribution in [2.24, 2.45) is 0 Å². The molecule has 0 bridgehead atoms. The van der Waals surface area contributed by atoms with Gasteiger partial charge in [0.2, 0.25) is 0 Å². The maximum Gasteiger partial charge on any atom is 0.491 e. The number of rotatable bonds is 6. The molecule has 2 aliphatic rings. The van der Waals surface area contributed by atoms with Gasteiger partial charge in [-0.15, -0.1) is 0 Å². The number of hydrogen-bond donors (Lipinski definition) is 2. The number of fused-ring (bicyclic) bond motifs is 2. The third-order valence-corrected chi connectivity index (χ3v) is 9.30. The Hall–Kier alpha value is -2.93. The van der Waals surface area contributed by atoms with Crippen LogP contribution in [0.3, 0.4) is 0 Å². The van der Waals surface area contributed by atoms with E-state index in [0.717, 1.165) is 22.6 Å². The van der Waals surface area contributed by atoms with Crippen LogP contribution in [-0.2, 0) is 44.9 Å². The van der Waals surface area contributed by atoms with Gasteiger partial charge in [-0.1, -0.05) is 12.1 Å². The minimum absolute atomic E-state index is 0.395. The summed E-state index contributed by atoms with van der Waals surface area (Å²) in [5, 5.41) is 19.4. The smallest absolute Gasteiger partial charge is 0.491 e. The molecule has 2 heterocycles. The lowest BCUT2D eigenvalue weighted by Gasteiger charge is -2.11. The number of ether oxygens (including phenoxy) is 2. The average molecular weight is 576 g/mol. The van der Waals surface area contributed by atoms with Crippen molar-refractivity contribution in [1.82, 2.24) is 0 Å². The molecular formula is C28H26B2O8S2. The van der Waals surface area contributed by atoms with E-state index in [4.69, 9.17) is 18.8 Å². The maximum atomic E-state index is 12.5. The predicted molar refractivity (Wildman–Crippen MR) is 153 cm³/mol. The quantitative estimate of drug-likeness (QED) is 0.265. The van der Waals surface area contributed by atoms with Gasteiger partial charge in [-0.05, 0) is 94.8 Å². The van der Waals surface area contributed by atoms with E-state index < -0.39 is 36.6 Å². The average Bonchev–Trinajstić information content (AvgIpc) is 3.58. The molecule has 0 radical (unpaired) electrons. The zero-order valence-corrected chi connectivity index (χ0v) is 23.4. The van der Waals surface area contributed by atoms with E-state index in [0.29, 0.717) is 43.7 Å². The Kier molecular flexibility index (Phi) is 9.09. The minimum Gasteiger partial charge on any atom is -0.606 e. The first-order chi connectivity index (χ1) is 19.4. The summed E-state index contributed by atoms with van der Waals surface area (Å²) in [6, 6.07) is 25.0. The molecule has 0 spiro atoms. The lowest BCUT2D eigenvalue weighted by molar-refractivity contribution is 0.275. The molecule has 0 fully saturated rings. The number of hydrogen-bond acceptors (Lipinski definition) is 8. The zero-order chi connectivity index (χ0) is 28.2. The summed E-state index contributed by atoms with van der Waals surface area (Å²) in [5.41, 5.74) is 3.27. The molecule has 0 saturated carbocycles. The second-order valence-corrected chi connectivity index (χ2v) is 11.9. The highest BCUT2D eigenvalue weighted by atomic mass is 32.2. The third-order valence-electron chi connectivity index (χ3n) is 6.54. The third kappa shape index (κ3) is 6.19. The van der Waals surface area contributed by atoms with Crippen LogP contribution in [-0.4, -0.2) is 47.6 Å². The van der Waals surface area contributed by atoms with E-state index in [1.807, 2.05) is 12.1 Å². The summed E-state index contributed by atoms with van der Waals surface area (Å²) in [7, 11) is 1.34. The van der Waals surface area contributed by atoms with Crippen molar-refractivity contribution < 1.29 is 37.9 Å². The van der Waals surface area contributed by atoms with Gasteiger partial charge in [0.25, 0.3) is 0 Å². The molecule has 0 saturated heterocycles. The van der Waals surface area contributed by atoms with Crippen LogP contribution in [0.5, 0.6) is 11.5 Å². The van der Waals surface area contributed by atoms with Gasteiger partial charge >= 0.3 is 14.2 Å². The van der Waals surface area contributed by atoms with E-state index in [9.17, 15) is 19.2 Å². The lowest BCUT2D eigenvalue weighted by atomic mass is 9.80.